The minimum Gasteiger partial charge on any atom is -0.506 e. The van der Waals surface area contributed by atoms with Gasteiger partial charge in [0.05, 0.1) is 11.2 Å². The molecule has 7 nitrogen and oxygen atoms in total. The number of carboxylic acids is 1. The Hall–Kier alpha value is -2.87. The predicted molar refractivity (Wildman–Crippen MR) is 85.2 cm³/mol. The first-order valence-corrected chi connectivity index (χ1v) is 7.32. The van der Waals surface area contributed by atoms with Crippen LogP contribution in [0.3, 0.4) is 0 Å². The third-order valence-electron chi connectivity index (χ3n) is 3.41. The van der Waals surface area contributed by atoms with Crippen molar-refractivity contribution >= 4 is 29.0 Å². The van der Waals surface area contributed by atoms with E-state index in [0.717, 1.165) is 6.07 Å². The molecule has 1 aromatic carbocycles. The van der Waals surface area contributed by atoms with Gasteiger partial charge in [-0.3, -0.25) is 0 Å². The van der Waals surface area contributed by atoms with Gasteiger partial charge in [0.25, 0.3) is 0 Å². The van der Waals surface area contributed by atoms with Crippen LogP contribution in [0.4, 0.5) is 10.2 Å². The number of halogens is 2. The molecule has 3 rings (SSSR count). The molecule has 2 aromatic heterocycles. The Morgan fingerprint density at radius 2 is 2.21 bits per heavy atom. The maximum atomic E-state index is 13.3. The maximum Gasteiger partial charge on any atom is 0.341 e. The van der Waals surface area contributed by atoms with Crippen molar-refractivity contribution in [2.24, 2.45) is 0 Å². The molecule has 0 atom stereocenters. The second-order valence-corrected chi connectivity index (χ2v) is 5.42. The first kappa shape index (κ1) is 16.0. The summed E-state index contributed by atoms with van der Waals surface area (Å²) in [4.78, 5) is 15.3. The molecule has 0 unspecified atom stereocenters. The number of fused-ring (bicyclic) bond motifs is 1. The van der Waals surface area contributed by atoms with Crippen molar-refractivity contribution in [3.8, 4) is 5.75 Å². The molecule has 0 aliphatic rings. The number of carboxylic acid groups (broad SMARTS) is 1. The molecule has 0 radical (unpaired) electrons. The Kier molecular flexibility index (Phi) is 4.22. The highest BCUT2D eigenvalue weighted by molar-refractivity contribution is 6.32. The third kappa shape index (κ3) is 3.09. The summed E-state index contributed by atoms with van der Waals surface area (Å²) in [6.45, 7) is 0.340. The molecule has 0 aliphatic heterocycles. The second kappa shape index (κ2) is 6.32. The third-order valence-corrected chi connectivity index (χ3v) is 3.70. The molecule has 2 heterocycles. The topological polar surface area (TPSA) is 99.8 Å². The van der Waals surface area contributed by atoms with Gasteiger partial charge in [0.15, 0.2) is 5.65 Å². The minimum atomic E-state index is -1.12. The molecular weight excluding hydrogens is 339 g/mol. The fraction of sp³-hybridized carbons (Fsp3) is 0.133. The van der Waals surface area contributed by atoms with E-state index in [-0.39, 0.29) is 22.0 Å². The summed E-state index contributed by atoms with van der Waals surface area (Å²) in [5.74, 6) is -1.37. The lowest BCUT2D eigenvalue weighted by Gasteiger charge is -2.09. The van der Waals surface area contributed by atoms with Crippen molar-refractivity contribution < 1.29 is 19.4 Å². The van der Waals surface area contributed by atoms with Crippen LogP contribution >= 0.6 is 11.6 Å². The van der Waals surface area contributed by atoms with E-state index >= 15 is 0 Å². The van der Waals surface area contributed by atoms with Crippen LogP contribution in [0.1, 0.15) is 15.9 Å². The number of nitrogens with zero attached hydrogens (tertiary/aromatic N) is 3. The van der Waals surface area contributed by atoms with Gasteiger partial charge in [-0.1, -0.05) is 11.6 Å². The van der Waals surface area contributed by atoms with Crippen LogP contribution in [0, 0.1) is 5.82 Å². The maximum absolute atomic E-state index is 13.3. The SMILES string of the molecule is O=C(O)c1cnn2ccc(NCCc3cc(F)cc(Cl)c3O)nc12. The molecule has 0 spiro atoms. The number of anilines is 1. The summed E-state index contributed by atoms with van der Waals surface area (Å²) in [7, 11) is 0. The summed E-state index contributed by atoms with van der Waals surface area (Å²) in [5.41, 5.74) is 0.571. The molecule has 0 fully saturated rings. The standard InChI is InChI=1S/C15H12ClFN4O3/c16-11-6-9(17)5-8(13(11)22)1-3-18-12-2-4-21-14(20-12)10(7-19-21)15(23)24/h2,4-7,22H,1,3H2,(H,18,20)(H,23,24). The predicted octanol–water partition coefficient (Wildman–Crippen LogP) is 2.58. The molecule has 0 amide bonds. The zero-order valence-electron chi connectivity index (χ0n) is 12.2. The van der Waals surface area contributed by atoms with Crippen molar-refractivity contribution in [2.45, 2.75) is 6.42 Å². The highest BCUT2D eigenvalue weighted by Crippen LogP contribution is 2.28. The molecular formula is C15H12ClFN4O3. The van der Waals surface area contributed by atoms with Crippen LogP contribution in [0.5, 0.6) is 5.75 Å². The average molecular weight is 351 g/mol. The van der Waals surface area contributed by atoms with Crippen molar-refractivity contribution in [3.05, 3.63) is 52.6 Å². The van der Waals surface area contributed by atoms with Gasteiger partial charge in [-0.25, -0.2) is 18.7 Å². The number of benzene rings is 1. The minimum absolute atomic E-state index is 0.00629. The number of phenols is 1. The molecule has 3 N–H and O–H groups in total. The molecule has 0 saturated heterocycles. The first-order chi connectivity index (χ1) is 11.5. The van der Waals surface area contributed by atoms with Crippen molar-refractivity contribution in [1.82, 2.24) is 14.6 Å². The fourth-order valence-corrected chi connectivity index (χ4v) is 2.48. The number of rotatable bonds is 5. The monoisotopic (exact) mass is 350 g/mol. The number of aromatic hydroxyl groups is 1. The molecule has 24 heavy (non-hydrogen) atoms. The Bertz CT molecular complexity index is 928. The van der Waals surface area contributed by atoms with Crippen LogP contribution in [-0.2, 0) is 6.42 Å². The van der Waals surface area contributed by atoms with Gasteiger partial charge >= 0.3 is 5.97 Å². The molecule has 0 saturated carbocycles. The largest absolute Gasteiger partial charge is 0.506 e. The average Bonchev–Trinajstić information content (AvgIpc) is 2.95. The molecule has 0 aliphatic carbocycles. The second-order valence-electron chi connectivity index (χ2n) is 5.02. The van der Waals surface area contributed by atoms with E-state index in [9.17, 15) is 14.3 Å². The highest BCUT2D eigenvalue weighted by atomic mass is 35.5. The first-order valence-electron chi connectivity index (χ1n) is 6.94. The highest BCUT2D eigenvalue weighted by Gasteiger charge is 2.13. The normalized spacial score (nSPS) is 10.9. The van der Waals surface area contributed by atoms with E-state index in [1.807, 2.05) is 0 Å². The lowest BCUT2D eigenvalue weighted by atomic mass is 10.1. The fourth-order valence-electron chi connectivity index (χ4n) is 2.25. The van der Waals surface area contributed by atoms with E-state index in [2.05, 4.69) is 15.4 Å². The van der Waals surface area contributed by atoms with E-state index in [0.29, 0.717) is 24.3 Å². The Morgan fingerprint density at radius 3 is 2.96 bits per heavy atom. The quantitative estimate of drug-likeness (QED) is 0.654. The Balaban J connectivity index is 1.74. The number of phenolic OH excluding ortho intramolecular Hbond substituents is 1. The van der Waals surface area contributed by atoms with Crippen LogP contribution in [-0.4, -0.2) is 37.3 Å². The van der Waals surface area contributed by atoms with Gasteiger partial charge in [0.2, 0.25) is 0 Å². The zero-order chi connectivity index (χ0) is 17.3. The Labute approximate surface area is 140 Å². The number of carbonyl (C=O) groups is 1. The number of hydrogen-bond donors (Lipinski definition) is 3. The van der Waals surface area contributed by atoms with Crippen molar-refractivity contribution in [2.75, 3.05) is 11.9 Å². The molecule has 9 heteroatoms. The van der Waals surface area contributed by atoms with E-state index in [1.54, 1.807) is 12.3 Å². The summed E-state index contributed by atoms with van der Waals surface area (Å²) < 4.78 is 14.7. The van der Waals surface area contributed by atoms with Crippen molar-refractivity contribution in [1.29, 1.82) is 0 Å². The molecule has 3 aromatic rings. The number of nitrogens with one attached hydrogen (secondary N) is 1. The Morgan fingerprint density at radius 1 is 1.42 bits per heavy atom. The number of aromatic carboxylic acids is 1. The summed E-state index contributed by atoms with van der Waals surface area (Å²) in [5, 5.41) is 25.7. The molecule has 0 bridgehead atoms. The summed E-state index contributed by atoms with van der Waals surface area (Å²) in [6, 6.07) is 3.87. The van der Waals surface area contributed by atoms with Gasteiger partial charge in [0, 0.05) is 18.3 Å². The van der Waals surface area contributed by atoms with Crippen LogP contribution in [0.25, 0.3) is 5.65 Å². The van der Waals surface area contributed by atoms with Gasteiger partial charge in [-0.05, 0) is 24.6 Å². The van der Waals surface area contributed by atoms with Crippen LogP contribution < -0.4 is 5.32 Å². The van der Waals surface area contributed by atoms with E-state index in [4.69, 9.17) is 16.7 Å². The van der Waals surface area contributed by atoms with Gasteiger partial charge in [-0.15, -0.1) is 0 Å². The van der Waals surface area contributed by atoms with Gasteiger partial charge in [-0.2, -0.15) is 5.10 Å². The lowest BCUT2D eigenvalue weighted by molar-refractivity contribution is 0.0698. The van der Waals surface area contributed by atoms with Gasteiger partial charge < -0.3 is 15.5 Å². The van der Waals surface area contributed by atoms with Crippen LogP contribution in [0.2, 0.25) is 5.02 Å². The van der Waals surface area contributed by atoms with Crippen molar-refractivity contribution in [3.63, 3.8) is 0 Å². The smallest absolute Gasteiger partial charge is 0.341 e. The van der Waals surface area contributed by atoms with Gasteiger partial charge in [0.1, 0.15) is 22.9 Å². The van der Waals surface area contributed by atoms with Crippen LogP contribution in [0.15, 0.2) is 30.6 Å². The number of hydrogen-bond acceptors (Lipinski definition) is 5. The lowest BCUT2D eigenvalue weighted by Crippen LogP contribution is -2.08. The summed E-state index contributed by atoms with van der Waals surface area (Å²) in [6.07, 6.45) is 3.11. The zero-order valence-corrected chi connectivity index (χ0v) is 13.0. The van der Waals surface area contributed by atoms with E-state index in [1.165, 1.54) is 16.8 Å². The van der Waals surface area contributed by atoms with E-state index < -0.39 is 11.8 Å². The summed E-state index contributed by atoms with van der Waals surface area (Å²) >= 11 is 5.73. The number of aromatic nitrogens is 3. The molecule has 124 valence electrons.